The highest BCUT2D eigenvalue weighted by Crippen LogP contribution is 2.70. The highest BCUT2D eigenvalue weighted by molar-refractivity contribution is 5.89. The van der Waals surface area contributed by atoms with Crippen LogP contribution in [0.1, 0.15) is 89.5 Å². The lowest BCUT2D eigenvalue weighted by Gasteiger charge is -2.54. The molecule has 4 nitrogen and oxygen atoms in total. The number of alkyl halides is 3. The third-order valence-corrected chi connectivity index (χ3v) is 11.2. The third-order valence-electron chi connectivity index (χ3n) is 11.2. The molecule has 4 aliphatic carbocycles. The van der Waals surface area contributed by atoms with Crippen molar-refractivity contribution in [2.45, 2.75) is 96.2 Å². The van der Waals surface area contributed by atoms with Gasteiger partial charge in [-0.3, -0.25) is 4.79 Å². The summed E-state index contributed by atoms with van der Waals surface area (Å²) in [6, 6.07) is 8.47. The number of carbonyl (C=O) groups excluding carboxylic acids is 1. The first-order valence-corrected chi connectivity index (χ1v) is 15.4. The van der Waals surface area contributed by atoms with Crippen molar-refractivity contribution in [1.29, 1.82) is 0 Å². The molecule has 1 saturated heterocycles. The van der Waals surface area contributed by atoms with Crippen LogP contribution < -0.4 is 4.90 Å². The molecule has 0 radical (unpaired) electrons. The molecule has 1 aromatic rings. The van der Waals surface area contributed by atoms with Crippen molar-refractivity contribution in [2.24, 2.45) is 27.8 Å². The lowest BCUT2D eigenvalue weighted by atomic mass is 9.48. The zero-order valence-electron chi connectivity index (χ0n) is 24.0. The topological polar surface area (TPSA) is 49.7 Å². The summed E-state index contributed by atoms with van der Waals surface area (Å²) >= 11 is 0. The Morgan fingerprint density at radius 2 is 1.83 bits per heavy atom. The van der Waals surface area contributed by atoms with Crippen LogP contribution >= 0.6 is 0 Å². The number of Topliss-reactive ketones (excluding diaryl/α,β-unsaturated/α-hetero) is 1. The van der Waals surface area contributed by atoms with Gasteiger partial charge in [0.15, 0.2) is 5.78 Å². The summed E-state index contributed by atoms with van der Waals surface area (Å²) in [4.78, 5) is 27.5. The highest BCUT2D eigenvalue weighted by atomic mass is 19.4. The Labute approximate surface area is 240 Å². The quantitative estimate of drug-likeness (QED) is 0.267. The minimum Gasteiger partial charge on any atom is -0.372 e. The molecular weight excluding hydrogens is 525 g/mol. The van der Waals surface area contributed by atoms with Crippen LogP contribution in [0.5, 0.6) is 0 Å². The van der Waals surface area contributed by atoms with Crippen molar-refractivity contribution < 1.29 is 18.0 Å². The van der Waals surface area contributed by atoms with Crippen molar-refractivity contribution >= 4 is 11.5 Å². The van der Waals surface area contributed by atoms with Gasteiger partial charge in [0.2, 0.25) is 0 Å². The molecule has 0 aromatic heterocycles. The van der Waals surface area contributed by atoms with E-state index < -0.39 is 17.0 Å². The molecule has 7 heteroatoms. The number of ketones is 1. The first-order valence-electron chi connectivity index (χ1n) is 15.4. The maximum Gasteiger partial charge on any atom is 0.457 e. The summed E-state index contributed by atoms with van der Waals surface area (Å²) in [5.74, 6) is 4.27. The number of nitroso groups, excluding NO2 is 1. The van der Waals surface area contributed by atoms with Gasteiger partial charge in [0.05, 0.1) is 5.41 Å². The second-order valence-corrected chi connectivity index (χ2v) is 13.0. The highest BCUT2D eigenvalue weighted by Gasteiger charge is 2.65. The first-order chi connectivity index (χ1) is 19.6. The molecule has 2 unspecified atom stereocenters. The molecule has 41 heavy (non-hydrogen) atoms. The monoisotopic (exact) mass is 564 g/mol. The zero-order chi connectivity index (χ0) is 29.0. The fourth-order valence-corrected chi connectivity index (χ4v) is 9.29. The van der Waals surface area contributed by atoms with Gasteiger partial charge < -0.3 is 4.90 Å². The molecule has 1 aromatic carbocycles. The summed E-state index contributed by atoms with van der Waals surface area (Å²) in [6.45, 7) is 5.92. The Balaban J connectivity index is 1.49. The normalized spacial score (nSPS) is 34.7. The number of allylic oxidation sites excluding steroid dienone is 3. The van der Waals surface area contributed by atoms with Crippen molar-refractivity contribution in [3.05, 3.63) is 57.5 Å². The fourth-order valence-electron chi connectivity index (χ4n) is 9.29. The van der Waals surface area contributed by atoms with Crippen molar-refractivity contribution in [1.82, 2.24) is 0 Å². The molecule has 6 atom stereocenters. The number of halogens is 3. The van der Waals surface area contributed by atoms with E-state index in [4.69, 9.17) is 0 Å². The number of rotatable bonds is 5. The van der Waals surface area contributed by atoms with Gasteiger partial charge in [-0.05, 0) is 104 Å². The number of hydrogen-bond acceptors (Lipinski definition) is 4. The van der Waals surface area contributed by atoms with Crippen LogP contribution in [0, 0.1) is 39.4 Å². The molecule has 5 aliphatic rings. The number of carbonyl (C=O) groups is 1. The number of nitrogens with zero attached hydrogens (tertiary/aromatic N) is 2. The Kier molecular flexibility index (Phi) is 7.19. The first kappa shape index (κ1) is 28.2. The Hall–Kier alpha value is -2.88. The minimum absolute atomic E-state index is 0.0110. The summed E-state index contributed by atoms with van der Waals surface area (Å²) < 4.78 is 40.5. The van der Waals surface area contributed by atoms with Gasteiger partial charge >= 0.3 is 6.18 Å². The van der Waals surface area contributed by atoms with Crippen molar-refractivity contribution in [3.63, 3.8) is 0 Å². The Bertz CT molecular complexity index is 1340. The maximum atomic E-state index is 13.7. The molecule has 0 amide bonds. The summed E-state index contributed by atoms with van der Waals surface area (Å²) in [5.41, 5.74) is 4.33. The Morgan fingerprint density at radius 3 is 2.49 bits per heavy atom. The smallest absolute Gasteiger partial charge is 0.372 e. The van der Waals surface area contributed by atoms with Gasteiger partial charge in [-0.2, -0.15) is 18.1 Å². The number of anilines is 1. The third kappa shape index (κ3) is 4.66. The minimum atomic E-state index is -4.64. The molecule has 1 aliphatic heterocycles. The van der Waals surface area contributed by atoms with Crippen LogP contribution in [0.2, 0.25) is 0 Å². The van der Waals surface area contributed by atoms with E-state index in [1.807, 2.05) is 6.08 Å². The maximum absolute atomic E-state index is 13.7. The predicted molar refractivity (Wildman–Crippen MR) is 154 cm³/mol. The number of fused-ring (bicyclic) bond motifs is 4. The molecule has 1 heterocycles. The van der Waals surface area contributed by atoms with E-state index in [0.29, 0.717) is 25.7 Å². The van der Waals surface area contributed by atoms with Gasteiger partial charge in [0, 0.05) is 37.0 Å². The molecule has 0 N–H and O–H groups in total. The van der Waals surface area contributed by atoms with E-state index >= 15 is 0 Å². The number of benzene rings is 1. The summed E-state index contributed by atoms with van der Waals surface area (Å²) in [6.07, 6.45) is 4.85. The van der Waals surface area contributed by atoms with Gasteiger partial charge in [-0.15, -0.1) is 0 Å². The van der Waals surface area contributed by atoms with Crippen LogP contribution in [0.15, 0.2) is 52.2 Å². The SMILES string of the molecule is CCC(=O)[C@@]1(C#CC(F)(F)F)CC[C@H]2[C@@H]3CCC4=CC(N=O)CCC4=C3C(c3ccc(N4CCCC4)cc3)C[C@@]21C. The van der Waals surface area contributed by atoms with Crippen LogP contribution in [-0.4, -0.2) is 31.1 Å². The molecule has 0 spiro atoms. The summed E-state index contributed by atoms with van der Waals surface area (Å²) in [5, 5.41) is 3.32. The second kappa shape index (κ2) is 10.4. The van der Waals surface area contributed by atoms with E-state index in [1.165, 1.54) is 35.2 Å². The van der Waals surface area contributed by atoms with Crippen molar-refractivity contribution in [3.8, 4) is 11.8 Å². The van der Waals surface area contributed by atoms with Crippen molar-refractivity contribution in [2.75, 3.05) is 18.0 Å². The lowest BCUT2D eigenvalue weighted by Crippen LogP contribution is -2.50. The zero-order valence-corrected chi connectivity index (χ0v) is 24.0. The molecule has 0 bridgehead atoms. The van der Waals surface area contributed by atoms with Gasteiger partial charge in [-0.1, -0.05) is 48.7 Å². The van der Waals surface area contributed by atoms with Crippen LogP contribution in [-0.2, 0) is 4.79 Å². The van der Waals surface area contributed by atoms with E-state index in [9.17, 15) is 22.9 Å². The molecule has 218 valence electrons. The molecule has 2 saturated carbocycles. The predicted octanol–water partition coefficient (Wildman–Crippen LogP) is 8.28. The standard InChI is InChI=1S/C34H39F3N2O2/c1-3-30(40)33(16-17-34(35,36)37)15-14-29-27-12-8-23-20-24(38-41)9-13-26(23)31(27)28(21-32(29,33)2)22-6-10-25(11-7-22)39-18-4-5-19-39/h6-7,10-11,20,24,27-29H,3-5,8-9,12-15,18-19,21H2,1-2H3/t24?,27-,28?,29-,32-,33-/m0/s1. The largest absolute Gasteiger partial charge is 0.457 e. The molecule has 6 rings (SSSR count). The fraction of sp³-hybridized carbons (Fsp3) is 0.618. The van der Waals surface area contributed by atoms with E-state index in [0.717, 1.165) is 37.9 Å². The van der Waals surface area contributed by atoms with Gasteiger partial charge in [-0.25, -0.2) is 0 Å². The Morgan fingerprint density at radius 1 is 1.10 bits per heavy atom. The number of hydrogen-bond donors (Lipinski definition) is 0. The van der Waals surface area contributed by atoms with E-state index in [1.54, 1.807) is 12.8 Å². The van der Waals surface area contributed by atoms with E-state index in [2.05, 4.69) is 47.2 Å². The van der Waals surface area contributed by atoms with Crippen LogP contribution in [0.4, 0.5) is 18.9 Å². The second-order valence-electron chi connectivity index (χ2n) is 13.0. The van der Waals surface area contributed by atoms with Crippen LogP contribution in [0.25, 0.3) is 0 Å². The molecule has 3 fully saturated rings. The lowest BCUT2D eigenvalue weighted by molar-refractivity contribution is -0.132. The average molecular weight is 565 g/mol. The van der Waals surface area contributed by atoms with Gasteiger partial charge in [0.1, 0.15) is 6.04 Å². The van der Waals surface area contributed by atoms with Crippen LogP contribution in [0.3, 0.4) is 0 Å². The van der Waals surface area contributed by atoms with E-state index in [-0.39, 0.29) is 36.0 Å². The average Bonchev–Trinajstić information content (AvgIpc) is 3.61. The van der Waals surface area contributed by atoms with Gasteiger partial charge in [0.25, 0.3) is 0 Å². The molecular formula is C34H39F3N2O2. The summed E-state index contributed by atoms with van der Waals surface area (Å²) in [7, 11) is 0.